The minimum Gasteiger partial charge on any atom is -0.330 e. The van der Waals surface area contributed by atoms with Gasteiger partial charge in [0.2, 0.25) is 0 Å². The van der Waals surface area contributed by atoms with E-state index in [0.717, 1.165) is 0 Å². The lowest BCUT2D eigenvalue weighted by molar-refractivity contribution is 0.701. The van der Waals surface area contributed by atoms with Gasteiger partial charge in [0.05, 0.1) is 0 Å². The van der Waals surface area contributed by atoms with Crippen LogP contribution in [-0.4, -0.2) is 13.1 Å². The van der Waals surface area contributed by atoms with Gasteiger partial charge >= 0.3 is 0 Å². The molecule has 0 heterocycles. The van der Waals surface area contributed by atoms with E-state index in [2.05, 4.69) is 63.4 Å². The summed E-state index contributed by atoms with van der Waals surface area (Å²) in [5.41, 5.74) is 12.6. The van der Waals surface area contributed by atoms with Gasteiger partial charge in [-0.05, 0) is 62.9 Å². The fourth-order valence-electron chi connectivity index (χ4n) is 1.23. The van der Waals surface area contributed by atoms with Gasteiger partial charge in [-0.1, -0.05) is 6.07 Å². The first-order chi connectivity index (χ1) is 6.20. The van der Waals surface area contributed by atoms with Crippen molar-refractivity contribution < 1.29 is 0 Å². The highest BCUT2D eigenvalue weighted by Gasteiger charge is 2.13. The van der Waals surface area contributed by atoms with Crippen LogP contribution in [-0.2, 0) is 0 Å². The molecule has 13 heavy (non-hydrogen) atoms. The van der Waals surface area contributed by atoms with E-state index < -0.39 is 0 Å². The summed E-state index contributed by atoms with van der Waals surface area (Å²) in [5.74, 6) is 0.292. The van der Waals surface area contributed by atoms with Crippen LogP contribution in [0.4, 0.5) is 0 Å². The van der Waals surface area contributed by atoms with Crippen LogP contribution in [0.25, 0.3) is 0 Å². The Bertz CT molecular complexity index is 265. The number of hydrogen-bond donors (Lipinski definition) is 2. The number of nitrogens with two attached hydrogens (primary N) is 2. The van der Waals surface area contributed by atoms with Gasteiger partial charge in [0.1, 0.15) is 0 Å². The van der Waals surface area contributed by atoms with E-state index in [-0.39, 0.29) is 0 Å². The largest absolute Gasteiger partial charge is 0.330 e. The quantitative estimate of drug-likeness (QED) is 0.760. The molecular formula is C9H12I2N2. The van der Waals surface area contributed by atoms with Crippen LogP contribution in [0.2, 0.25) is 0 Å². The maximum absolute atomic E-state index is 5.67. The van der Waals surface area contributed by atoms with Crippen molar-refractivity contribution in [3.8, 4) is 0 Å². The highest BCUT2D eigenvalue weighted by atomic mass is 127. The second kappa shape index (κ2) is 5.47. The lowest BCUT2D eigenvalue weighted by atomic mass is 10.00. The molecule has 0 saturated carbocycles. The van der Waals surface area contributed by atoms with Gasteiger partial charge in [-0.15, -0.1) is 0 Å². The molecule has 0 spiro atoms. The van der Waals surface area contributed by atoms with Crippen molar-refractivity contribution in [1.82, 2.24) is 0 Å². The van der Waals surface area contributed by atoms with Crippen molar-refractivity contribution in [2.75, 3.05) is 13.1 Å². The van der Waals surface area contributed by atoms with Crippen LogP contribution in [0, 0.1) is 7.14 Å². The van der Waals surface area contributed by atoms with E-state index in [1.54, 1.807) is 0 Å². The first-order valence-corrected chi connectivity index (χ1v) is 6.20. The van der Waals surface area contributed by atoms with Crippen LogP contribution in [0.5, 0.6) is 0 Å². The Morgan fingerprint density at radius 3 is 1.92 bits per heavy atom. The molecule has 0 aliphatic carbocycles. The molecule has 0 saturated heterocycles. The Morgan fingerprint density at radius 1 is 1.08 bits per heavy atom. The molecule has 0 aromatic heterocycles. The van der Waals surface area contributed by atoms with E-state index >= 15 is 0 Å². The maximum Gasteiger partial charge on any atom is 0.0176 e. The Balaban J connectivity index is 3.10. The van der Waals surface area contributed by atoms with Crippen molar-refractivity contribution in [3.05, 3.63) is 30.9 Å². The second-order valence-electron chi connectivity index (χ2n) is 2.80. The number of benzene rings is 1. The molecule has 0 fully saturated rings. The molecule has 4 N–H and O–H groups in total. The molecule has 72 valence electrons. The van der Waals surface area contributed by atoms with Gasteiger partial charge in [0.25, 0.3) is 0 Å². The maximum atomic E-state index is 5.67. The van der Waals surface area contributed by atoms with Crippen LogP contribution in [0.3, 0.4) is 0 Å². The van der Waals surface area contributed by atoms with E-state index in [1.807, 2.05) is 0 Å². The molecule has 1 aromatic carbocycles. The van der Waals surface area contributed by atoms with E-state index in [0.29, 0.717) is 19.0 Å². The summed E-state index contributed by atoms with van der Waals surface area (Å²) in [6, 6.07) is 6.24. The van der Waals surface area contributed by atoms with Gasteiger partial charge in [-0.3, -0.25) is 0 Å². The summed E-state index contributed by atoms with van der Waals surface area (Å²) in [7, 11) is 0. The van der Waals surface area contributed by atoms with Gasteiger partial charge < -0.3 is 11.5 Å². The molecule has 0 aliphatic heterocycles. The Kier molecular flexibility index (Phi) is 4.91. The lowest BCUT2D eigenvalue weighted by Gasteiger charge is -2.16. The molecule has 2 nitrogen and oxygen atoms in total. The summed E-state index contributed by atoms with van der Waals surface area (Å²) >= 11 is 4.66. The fraction of sp³-hybridized carbons (Fsp3) is 0.333. The van der Waals surface area contributed by atoms with Gasteiger partial charge in [0.15, 0.2) is 0 Å². The van der Waals surface area contributed by atoms with Crippen LogP contribution >= 0.6 is 45.2 Å². The fourth-order valence-corrected chi connectivity index (χ4v) is 3.63. The smallest absolute Gasteiger partial charge is 0.0176 e. The van der Waals surface area contributed by atoms with E-state index in [1.165, 1.54) is 12.7 Å². The highest BCUT2D eigenvalue weighted by molar-refractivity contribution is 14.1. The van der Waals surface area contributed by atoms with Gasteiger partial charge in [-0.2, -0.15) is 0 Å². The minimum atomic E-state index is 0.292. The average molecular weight is 402 g/mol. The minimum absolute atomic E-state index is 0.292. The van der Waals surface area contributed by atoms with Gasteiger partial charge in [-0.25, -0.2) is 0 Å². The predicted molar refractivity (Wildman–Crippen MR) is 72.7 cm³/mol. The zero-order valence-corrected chi connectivity index (χ0v) is 11.4. The standard InChI is InChI=1S/C9H12I2N2/c10-7-2-1-3-8(11)9(7)6(4-12)5-13/h1-3,6H,4-5,12-13H2. The van der Waals surface area contributed by atoms with Crippen molar-refractivity contribution >= 4 is 45.2 Å². The molecular weight excluding hydrogens is 390 g/mol. The number of halogens is 2. The van der Waals surface area contributed by atoms with Crippen LogP contribution in [0.1, 0.15) is 11.5 Å². The van der Waals surface area contributed by atoms with E-state index in [4.69, 9.17) is 11.5 Å². The summed E-state index contributed by atoms with van der Waals surface area (Å²) in [6.07, 6.45) is 0. The molecule has 4 heteroatoms. The summed E-state index contributed by atoms with van der Waals surface area (Å²) in [4.78, 5) is 0. The Hall–Kier alpha value is 0.600. The molecule has 0 radical (unpaired) electrons. The zero-order valence-electron chi connectivity index (χ0n) is 7.13. The topological polar surface area (TPSA) is 52.0 Å². The monoisotopic (exact) mass is 402 g/mol. The SMILES string of the molecule is NCC(CN)c1c(I)cccc1I. The molecule has 0 amide bonds. The summed E-state index contributed by atoms with van der Waals surface area (Å²) in [5, 5.41) is 0. The number of hydrogen-bond acceptors (Lipinski definition) is 2. The first kappa shape index (κ1) is 11.7. The Labute approximate surface area is 106 Å². The molecule has 1 aromatic rings. The van der Waals surface area contributed by atoms with Crippen molar-refractivity contribution in [1.29, 1.82) is 0 Å². The third-order valence-corrected chi connectivity index (χ3v) is 3.86. The Morgan fingerprint density at radius 2 is 1.54 bits per heavy atom. The zero-order chi connectivity index (χ0) is 9.84. The van der Waals surface area contributed by atoms with Crippen molar-refractivity contribution in [2.24, 2.45) is 11.5 Å². The number of rotatable bonds is 3. The summed E-state index contributed by atoms with van der Waals surface area (Å²) < 4.78 is 2.51. The predicted octanol–water partition coefficient (Wildman–Crippen LogP) is 1.90. The highest BCUT2D eigenvalue weighted by Crippen LogP contribution is 2.25. The second-order valence-corrected chi connectivity index (χ2v) is 5.13. The first-order valence-electron chi connectivity index (χ1n) is 4.04. The van der Waals surface area contributed by atoms with Crippen LogP contribution < -0.4 is 11.5 Å². The molecule has 0 atom stereocenters. The summed E-state index contributed by atoms with van der Waals surface area (Å²) in [6.45, 7) is 1.24. The van der Waals surface area contributed by atoms with Crippen molar-refractivity contribution in [3.63, 3.8) is 0 Å². The average Bonchev–Trinajstić information content (AvgIpc) is 2.11. The lowest BCUT2D eigenvalue weighted by Crippen LogP contribution is -2.22. The van der Waals surface area contributed by atoms with Gasteiger partial charge in [0, 0.05) is 26.1 Å². The molecule has 1 rings (SSSR count). The third kappa shape index (κ3) is 2.77. The third-order valence-electron chi connectivity index (χ3n) is 1.98. The van der Waals surface area contributed by atoms with Crippen molar-refractivity contribution in [2.45, 2.75) is 5.92 Å². The molecule has 0 bridgehead atoms. The normalized spacial score (nSPS) is 10.8. The molecule has 0 aliphatic rings. The molecule has 0 unspecified atom stereocenters. The van der Waals surface area contributed by atoms with E-state index in [9.17, 15) is 0 Å². The van der Waals surface area contributed by atoms with Crippen LogP contribution in [0.15, 0.2) is 18.2 Å².